The van der Waals surface area contributed by atoms with Gasteiger partial charge in [-0.25, -0.2) is 4.98 Å². The molecule has 8 aromatic rings. The van der Waals surface area contributed by atoms with E-state index in [0.29, 0.717) is 37.4 Å². The number of thiophene rings is 1. The fraction of sp³-hybridized carbons (Fsp3) is 0.421. The van der Waals surface area contributed by atoms with Crippen LogP contribution in [0.4, 0.5) is 0 Å². The van der Waals surface area contributed by atoms with E-state index in [0.717, 1.165) is 155 Å². The molecule has 10 nitrogen and oxygen atoms in total. The van der Waals surface area contributed by atoms with Crippen LogP contribution in [0.25, 0.3) is 70.7 Å². The maximum atomic E-state index is 6.31. The van der Waals surface area contributed by atoms with Gasteiger partial charge in [0, 0.05) is 79.3 Å². The van der Waals surface area contributed by atoms with Gasteiger partial charge in [-0.1, -0.05) is 92.7 Å². The van der Waals surface area contributed by atoms with Gasteiger partial charge in [-0.2, -0.15) is 9.97 Å². The first kappa shape index (κ1) is 46.6. The molecule has 0 spiro atoms. The van der Waals surface area contributed by atoms with Crippen molar-refractivity contribution in [3.63, 3.8) is 0 Å². The van der Waals surface area contributed by atoms with E-state index in [1.807, 2.05) is 47.7 Å². The van der Waals surface area contributed by atoms with Crippen molar-refractivity contribution in [3.05, 3.63) is 120 Å². The monoisotopic (exact) mass is 932 g/mol. The molecule has 0 unspecified atom stereocenters. The van der Waals surface area contributed by atoms with Crippen LogP contribution in [0.1, 0.15) is 76.3 Å². The lowest BCUT2D eigenvalue weighted by Crippen LogP contribution is -2.45. The molecule has 0 amide bonds. The van der Waals surface area contributed by atoms with Gasteiger partial charge in [0.1, 0.15) is 0 Å². The maximum absolute atomic E-state index is 6.31. The second-order valence-corrected chi connectivity index (χ2v) is 20.1. The molecule has 0 aliphatic carbocycles. The summed E-state index contributed by atoms with van der Waals surface area (Å²) >= 11 is 1.82. The van der Waals surface area contributed by atoms with E-state index < -0.39 is 0 Å². The van der Waals surface area contributed by atoms with Gasteiger partial charge >= 0.3 is 0 Å². The lowest BCUT2D eigenvalue weighted by Gasteiger charge is -2.40. The van der Waals surface area contributed by atoms with Crippen molar-refractivity contribution in [1.82, 2.24) is 19.5 Å². The van der Waals surface area contributed by atoms with Crippen molar-refractivity contribution >= 4 is 53.3 Å². The summed E-state index contributed by atoms with van der Waals surface area (Å²) in [4.78, 5) is 15.6. The van der Waals surface area contributed by atoms with Gasteiger partial charge in [0.25, 0.3) is 0 Å². The minimum atomic E-state index is 0.237. The summed E-state index contributed by atoms with van der Waals surface area (Å²) in [6.07, 6.45) is 8.48. The van der Waals surface area contributed by atoms with Crippen molar-refractivity contribution in [2.45, 2.75) is 78.4 Å². The molecule has 354 valence electrons. The molecule has 0 bridgehead atoms. The lowest BCUT2D eigenvalue weighted by molar-refractivity contribution is -0.150. The molecule has 3 aromatic heterocycles. The molecule has 0 saturated carbocycles. The van der Waals surface area contributed by atoms with Crippen LogP contribution in [0, 0.1) is 10.8 Å². The van der Waals surface area contributed by atoms with Crippen molar-refractivity contribution < 1.29 is 28.4 Å². The molecule has 2 saturated heterocycles. The second kappa shape index (κ2) is 21.7. The molecule has 2 fully saturated rings. The van der Waals surface area contributed by atoms with Gasteiger partial charge in [-0.15, -0.1) is 11.3 Å². The molecule has 10 rings (SSSR count). The Kier molecular flexibility index (Phi) is 14.9. The van der Waals surface area contributed by atoms with Crippen molar-refractivity contribution in [2.75, 3.05) is 66.1 Å². The van der Waals surface area contributed by atoms with E-state index in [9.17, 15) is 0 Å². The molecule has 2 aliphatic heterocycles. The number of benzene rings is 5. The lowest BCUT2D eigenvalue weighted by atomic mass is 9.84. The molecular weight excluding hydrogens is 869 g/mol. The van der Waals surface area contributed by atoms with Crippen LogP contribution in [0.5, 0.6) is 0 Å². The first-order valence-electron chi connectivity index (χ1n) is 24.8. The molecule has 5 aromatic carbocycles. The SMILES string of the molecule is CCC1(COCCCCCOCc2ccc3sc4ccc5c6cc(COCCCCCOCC7(CC)COC7)ccc6n(-c6nc(-c7ccccc7)nc(-c7ccccc7)n6)c5c4c3c2)COC1. The smallest absolute Gasteiger partial charge is 0.238 e. The van der Waals surface area contributed by atoms with Crippen LogP contribution < -0.4 is 0 Å². The first-order chi connectivity index (χ1) is 33.5. The summed E-state index contributed by atoms with van der Waals surface area (Å²) in [7, 11) is 0. The Balaban J connectivity index is 0.920. The number of aromatic nitrogens is 4. The minimum Gasteiger partial charge on any atom is -0.381 e. The Hall–Kier alpha value is -5.11. The molecule has 2 aliphatic rings. The fourth-order valence-corrected chi connectivity index (χ4v) is 10.5. The zero-order valence-corrected chi connectivity index (χ0v) is 40.5. The highest BCUT2D eigenvalue weighted by Gasteiger charge is 2.37. The number of unbranched alkanes of at least 4 members (excludes halogenated alkanes) is 4. The summed E-state index contributed by atoms with van der Waals surface area (Å²) in [5, 5.41) is 4.67. The van der Waals surface area contributed by atoms with Crippen LogP contribution in [-0.4, -0.2) is 85.6 Å². The number of hydrogen-bond donors (Lipinski definition) is 0. The Morgan fingerprint density at radius 2 is 1.04 bits per heavy atom. The zero-order chi connectivity index (χ0) is 46.2. The van der Waals surface area contributed by atoms with Crippen molar-refractivity contribution in [2.24, 2.45) is 10.8 Å². The minimum absolute atomic E-state index is 0.237. The highest BCUT2D eigenvalue weighted by atomic mass is 32.1. The van der Waals surface area contributed by atoms with Crippen molar-refractivity contribution in [3.8, 4) is 28.7 Å². The number of nitrogens with zero attached hydrogens (tertiary/aromatic N) is 4. The predicted molar refractivity (Wildman–Crippen MR) is 274 cm³/mol. The molecular formula is C57H64N4O6S. The van der Waals surface area contributed by atoms with E-state index >= 15 is 0 Å². The highest BCUT2D eigenvalue weighted by molar-refractivity contribution is 7.26. The van der Waals surface area contributed by atoms with Crippen LogP contribution in [0.2, 0.25) is 0 Å². The first-order valence-corrected chi connectivity index (χ1v) is 25.6. The summed E-state index contributed by atoms with van der Waals surface area (Å²) < 4.78 is 40.3. The van der Waals surface area contributed by atoms with E-state index in [1.54, 1.807) is 0 Å². The van der Waals surface area contributed by atoms with E-state index in [4.69, 9.17) is 43.4 Å². The topological polar surface area (TPSA) is 99.0 Å². The Morgan fingerprint density at radius 1 is 0.529 bits per heavy atom. The molecule has 0 radical (unpaired) electrons. The summed E-state index contributed by atoms with van der Waals surface area (Å²) in [6.45, 7) is 13.5. The quantitative estimate of drug-likeness (QED) is 0.0519. The Labute approximate surface area is 403 Å². The average molecular weight is 933 g/mol. The Morgan fingerprint density at radius 3 is 1.57 bits per heavy atom. The summed E-state index contributed by atoms with van der Waals surface area (Å²) in [5.41, 5.74) is 6.75. The number of rotatable bonds is 25. The standard InChI is InChI=1S/C57H64N4O6S/c1-3-56(37-66-38-56)35-64-29-15-7-13-27-62-33-41-21-24-48-46(31-41)45-23-26-50-51(47-32-42(22-25-49(47)68-50)34-63-28-14-8-16-30-65-36-57(4-2)39-67-40-57)52(45)61(48)55-59-53(43-17-9-5-10-18-43)58-54(60-55)44-19-11-6-12-20-44/h5-6,9-12,17-26,31-32H,3-4,7-8,13-16,27-30,33-40H2,1-2H3. The van der Waals surface area contributed by atoms with Crippen LogP contribution in [-0.2, 0) is 41.6 Å². The Bertz CT molecular complexity index is 2860. The van der Waals surface area contributed by atoms with E-state index in [1.165, 1.54) is 20.2 Å². The van der Waals surface area contributed by atoms with Gasteiger partial charge in [-0.05, 0) is 92.8 Å². The van der Waals surface area contributed by atoms with Gasteiger partial charge in [0.05, 0.1) is 63.9 Å². The number of fused-ring (bicyclic) bond motifs is 7. The largest absolute Gasteiger partial charge is 0.381 e. The average Bonchev–Trinajstić information content (AvgIpc) is 3.89. The molecule has 68 heavy (non-hydrogen) atoms. The van der Waals surface area contributed by atoms with Crippen LogP contribution in [0.3, 0.4) is 0 Å². The van der Waals surface area contributed by atoms with E-state index in [2.05, 4.69) is 91.2 Å². The molecule has 5 heterocycles. The normalized spacial score (nSPS) is 15.4. The van der Waals surface area contributed by atoms with Crippen LogP contribution >= 0.6 is 11.3 Å². The summed E-state index contributed by atoms with van der Waals surface area (Å²) in [5.74, 6) is 1.83. The van der Waals surface area contributed by atoms with Gasteiger partial charge in [0.15, 0.2) is 11.6 Å². The molecule has 0 atom stereocenters. The third-order valence-electron chi connectivity index (χ3n) is 14.0. The summed E-state index contributed by atoms with van der Waals surface area (Å²) in [6, 6.07) is 38.4. The fourth-order valence-electron chi connectivity index (χ4n) is 9.43. The number of hydrogen-bond acceptors (Lipinski definition) is 10. The van der Waals surface area contributed by atoms with Gasteiger partial charge < -0.3 is 28.4 Å². The second-order valence-electron chi connectivity index (χ2n) is 19.0. The zero-order valence-electron chi connectivity index (χ0n) is 39.7. The highest BCUT2D eigenvalue weighted by Crippen LogP contribution is 2.44. The van der Waals surface area contributed by atoms with Gasteiger partial charge in [0.2, 0.25) is 5.95 Å². The third-order valence-corrected chi connectivity index (χ3v) is 15.2. The van der Waals surface area contributed by atoms with Crippen LogP contribution in [0.15, 0.2) is 109 Å². The number of ether oxygens (including phenoxy) is 6. The third kappa shape index (κ3) is 10.3. The predicted octanol–water partition coefficient (Wildman–Crippen LogP) is 12.9. The van der Waals surface area contributed by atoms with Crippen molar-refractivity contribution in [1.29, 1.82) is 0 Å². The van der Waals surface area contributed by atoms with E-state index in [-0.39, 0.29) is 10.8 Å². The molecule has 11 heteroatoms. The maximum Gasteiger partial charge on any atom is 0.238 e. The van der Waals surface area contributed by atoms with Gasteiger partial charge in [-0.3, -0.25) is 4.57 Å². The molecule has 0 N–H and O–H groups in total.